The SMILES string of the molecule is CC1=CC(CCN2CC(CF)C2)=NN([C@@H](CC(C)C)C(=O)O)C1O. The van der Waals surface area contributed by atoms with Crippen molar-refractivity contribution in [1.29, 1.82) is 0 Å². The summed E-state index contributed by atoms with van der Waals surface area (Å²) in [6.45, 7) is 7.71. The highest BCUT2D eigenvalue weighted by molar-refractivity contribution is 5.96. The predicted octanol–water partition coefficient (Wildman–Crippen LogP) is 1.71. The third kappa shape index (κ3) is 4.54. The number of aliphatic carboxylic acids is 1. The molecule has 2 aliphatic heterocycles. The summed E-state index contributed by atoms with van der Waals surface area (Å²) in [6.07, 6.45) is 1.89. The lowest BCUT2D eigenvalue weighted by Crippen LogP contribution is -2.49. The lowest BCUT2D eigenvalue weighted by atomic mass is 10.00. The second-order valence-electron chi connectivity index (χ2n) is 7.25. The van der Waals surface area contributed by atoms with Gasteiger partial charge in [0.15, 0.2) is 6.23 Å². The minimum atomic E-state index is -1.01. The van der Waals surface area contributed by atoms with Crippen LogP contribution in [0.3, 0.4) is 0 Å². The molecule has 24 heavy (non-hydrogen) atoms. The summed E-state index contributed by atoms with van der Waals surface area (Å²) in [4.78, 5) is 13.8. The van der Waals surface area contributed by atoms with E-state index in [1.807, 2.05) is 19.9 Å². The number of nitrogens with zero attached hydrogens (tertiary/aromatic N) is 3. The van der Waals surface area contributed by atoms with Crippen LogP contribution in [-0.2, 0) is 4.79 Å². The standard InChI is InChI=1S/C17H28FN3O3/c1-11(2)6-15(17(23)24)21-16(22)12(3)7-14(19-21)4-5-20-9-13(8-18)10-20/h7,11,13,15-16,22H,4-6,8-10H2,1-3H3,(H,23,24)/t15-,16?/m0/s1. The van der Waals surface area contributed by atoms with Crippen LogP contribution in [0.5, 0.6) is 0 Å². The Morgan fingerprint density at radius 2 is 2.12 bits per heavy atom. The molecule has 0 spiro atoms. The third-order valence-corrected chi connectivity index (χ3v) is 4.53. The van der Waals surface area contributed by atoms with Crippen LogP contribution in [0.1, 0.15) is 33.6 Å². The zero-order valence-electron chi connectivity index (χ0n) is 14.7. The number of aliphatic hydroxyl groups excluding tert-OH is 1. The molecule has 0 aromatic heterocycles. The first-order valence-electron chi connectivity index (χ1n) is 8.55. The Balaban J connectivity index is 2.03. The fourth-order valence-electron chi connectivity index (χ4n) is 3.14. The van der Waals surface area contributed by atoms with Crippen molar-refractivity contribution in [1.82, 2.24) is 9.91 Å². The van der Waals surface area contributed by atoms with Crippen LogP contribution in [0.15, 0.2) is 16.8 Å². The first-order valence-corrected chi connectivity index (χ1v) is 8.55. The average molecular weight is 341 g/mol. The van der Waals surface area contributed by atoms with Crippen molar-refractivity contribution >= 4 is 11.7 Å². The highest BCUT2D eigenvalue weighted by atomic mass is 19.1. The van der Waals surface area contributed by atoms with E-state index in [2.05, 4.69) is 10.0 Å². The molecule has 1 unspecified atom stereocenters. The van der Waals surface area contributed by atoms with Crippen molar-refractivity contribution in [2.45, 2.75) is 45.9 Å². The van der Waals surface area contributed by atoms with E-state index in [-0.39, 0.29) is 18.5 Å². The van der Waals surface area contributed by atoms with Gasteiger partial charge in [0.2, 0.25) is 0 Å². The Bertz CT molecular complexity index is 515. The second kappa shape index (κ2) is 8.07. The van der Waals surface area contributed by atoms with Crippen LogP contribution in [-0.4, -0.2) is 70.4 Å². The maximum absolute atomic E-state index is 12.5. The topological polar surface area (TPSA) is 76.4 Å². The van der Waals surface area contributed by atoms with E-state index < -0.39 is 18.2 Å². The molecule has 0 bridgehead atoms. The zero-order chi connectivity index (χ0) is 17.9. The van der Waals surface area contributed by atoms with Gasteiger partial charge in [0.05, 0.1) is 12.4 Å². The maximum atomic E-state index is 12.5. The number of carbonyl (C=O) groups is 1. The number of hydrogen-bond donors (Lipinski definition) is 2. The number of hydrazone groups is 1. The summed E-state index contributed by atoms with van der Waals surface area (Å²) < 4.78 is 12.5. The number of halogens is 1. The summed E-state index contributed by atoms with van der Waals surface area (Å²) in [5.74, 6) is -0.646. The number of alkyl halides is 1. The third-order valence-electron chi connectivity index (χ3n) is 4.53. The van der Waals surface area contributed by atoms with E-state index in [0.29, 0.717) is 18.4 Å². The summed E-state index contributed by atoms with van der Waals surface area (Å²) in [7, 11) is 0. The zero-order valence-corrected chi connectivity index (χ0v) is 14.7. The molecular weight excluding hydrogens is 313 g/mol. The van der Waals surface area contributed by atoms with Crippen LogP contribution in [0.4, 0.5) is 4.39 Å². The fraction of sp³-hybridized carbons (Fsp3) is 0.765. The molecule has 0 aromatic rings. The number of aliphatic hydroxyl groups is 1. The van der Waals surface area contributed by atoms with Crippen molar-refractivity contribution in [3.8, 4) is 0 Å². The molecule has 1 saturated heterocycles. The van der Waals surface area contributed by atoms with Gasteiger partial charge in [-0.15, -0.1) is 0 Å². The normalized spacial score (nSPS) is 23.8. The second-order valence-corrected chi connectivity index (χ2v) is 7.25. The summed E-state index contributed by atoms with van der Waals surface area (Å²) >= 11 is 0. The van der Waals surface area contributed by atoms with E-state index in [1.54, 1.807) is 6.92 Å². The average Bonchev–Trinajstić information content (AvgIpc) is 2.46. The van der Waals surface area contributed by atoms with Crippen LogP contribution in [0.2, 0.25) is 0 Å². The molecule has 2 heterocycles. The van der Waals surface area contributed by atoms with Gasteiger partial charge in [-0.1, -0.05) is 13.8 Å². The molecule has 0 radical (unpaired) electrons. The summed E-state index contributed by atoms with van der Waals surface area (Å²) in [5, 5.41) is 25.5. The van der Waals surface area contributed by atoms with E-state index in [0.717, 1.165) is 25.3 Å². The van der Waals surface area contributed by atoms with Gasteiger partial charge in [0.25, 0.3) is 0 Å². The Kier molecular flexibility index (Phi) is 6.34. The van der Waals surface area contributed by atoms with Crippen molar-refractivity contribution in [3.63, 3.8) is 0 Å². The van der Waals surface area contributed by atoms with E-state index >= 15 is 0 Å². The molecule has 6 nitrogen and oxygen atoms in total. The summed E-state index contributed by atoms with van der Waals surface area (Å²) in [6, 6.07) is -0.849. The number of carboxylic acid groups (broad SMARTS) is 1. The lowest BCUT2D eigenvalue weighted by molar-refractivity contribution is -0.148. The number of rotatable bonds is 8. The fourth-order valence-corrected chi connectivity index (χ4v) is 3.14. The predicted molar refractivity (Wildman–Crippen MR) is 90.4 cm³/mol. The molecule has 0 aliphatic carbocycles. The number of allylic oxidation sites excluding steroid dienone is 1. The largest absolute Gasteiger partial charge is 0.480 e. The molecule has 2 aliphatic rings. The molecule has 7 heteroatoms. The Morgan fingerprint density at radius 3 is 2.67 bits per heavy atom. The van der Waals surface area contributed by atoms with Crippen LogP contribution in [0, 0.1) is 11.8 Å². The summed E-state index contributed by atoms with van der Waals surface area (Å²) in [5.41, 5.74) is 1.46. The van der Waals surface area contributed by atoms with E-state index in [9.17, 15) is 19.4 Å². The molecule has 2 atom stereocenters. The number of likely N-dealkylation sites (tertiary alicyclic amines) is 1. The molecule has 136 valence electrons. The number of hydrogen-bond acceptors (Lipinski definition) is 5. The lowest BCUT2D eigenvalue weighted by Gasteiger charge is -2.38. The Morgan fingerprint density at radius 1 is 1.46 bits per heavy atom. The van der Waals surface area contributed by atoms with Gasteiger partial charge in [0, 0.05) is 32.0 Å². The van der Waals surface area contributed by atoms with Crippen molar-refractivity contribution in [3.05, 3.63) is 11.6 Å². The molecular formula is C17H28FN3O3. The van der Waals surface area contributed by atoms with Crippen molar-refractivity contribution < 1.29 is 19.4 Å². The minimum absolute atomic E-state index is 0.149. The van der Waals surface area contributed by atoms with Gasteiger partial charge in [-0.2, -0.15) is 5.10 Å². The Hall–Kier alpha value is -1.47. The van der Waals surface area contributed by atoms with E-state index in [1.165, 1.54) is 5.01 Å². The molecule has 0 aromatic carbocycles. The van der Waals surface area contributed by atoms with Crippen LogP contribution < -0.4 is 0 Å². The van der Waals surface area contributed by atoms with Gasteiger partial charge in [-0.05, 0) is 30.9 Å². The minimum Gasteiger partial charge on any atom is -0.480 e. The maximum Gasteiger partial charge on any atom is 0.328 e. The smallest absolute Gasteiger partial charge is 0.328 e. The van der Waals surface area contributed by atoms with Gasteiger partial charge < -0.3 is 15.1 Å². The van der Waals surface area contributed by atoms with E-state index in [4.69, 9.17) is 0 Å². The van der Waals surface area contributed by atoms with Crippen LogP contribution >= 0.6 is 0 Å². The highest BCUT2D eigenvalue weighted by Gasteiger charge is 2.33. The molecule has 1 fully saturated rings. The van der Waals surface area contributed by atoms with Gasteiger partial charge >= 0.3 is 5.97 Å². The molecule has 0 amide bonds. The first kappa shape index (κ1) is 18.9. The molecule has 2 N–H and O–H groups in total. The van der Waals surface area contributed by atoms with Gasteiger partial charge in [-0.3, -0.25) is 9.40 Å². The highest BCUT2D eigenvalue weighted by Crippen LogP contribution is 2.23. The van der Waals surface area contributed by atoms with Crippen molar-refractivity contribution in [2.24, 2.45) is 16.9 Å². The van der Waals surface area contributed by atoms with Crippen molar-refractivity contribution in [2.75, 3.05) is 26.3 Å². The molecule has 0 saturated carbocycles. The first-order chi connectivity index (χ1) is 11.3. The monoisotopic (exact) mass is 341 g/mol. The van der Waals surface area contributed by atoms with Gasteiger partial charge in [0.1, 0.15) is 6.04 Å². The molecule has 2 rings (SSSR count). The van der Waals surface area contributed by atoms with Crippen LogP contribution in [0.25, 0.3) is 0 Å². The number of carboxylic acids is 1. The van der Waals surface area contributed by atoms with Gasteiger partial charge in [-0.25, -0.2) is 4.79 Å². The Labute approximate surface area is 142 Å². The quantitative estimate of drug-likeness (QED) is 0.703.